The van der Waals surface area contributed by atoms with Crippen molar-refractivity contribution in [3.8, 4) is 11.5 Å². The van der Waals surface area contributed by atoms with Crippen molar-refractivity contribution >= 4 is 11.6 Å². The number of nitrogens with zero attached hydrogens (tertiary/aromatic N) is 2. The number of methoxy groups -OCH3 is 1. The number of aromatic nitrogens is 2. The third-order valence-electron chi connectivity index (χ3n) is 2.21. The molecule has 0 spiro atoms. The van der Waals surface area contributed by atoms with Crippen molar-refractivity contribution in [3.05, 3.63) is 35.1 Å². The van der Waals surface area contributed by atoms with Gasteiger partial charge in [-0.15, -0.1) is 0 Å². The lowest BCUT2D eigenvalue weighted by atomic mass is 10.2. The summed E-state index contributed by atoms with van der Waals surface area (Å²) in [5, 5.41) is 4.47. The van der Waals surface area contributed by atoms with Gasteiger partial charge in [0.25, 0.3) is 5.89 Å². The number of hydrogen-bond donors (Lipinski definition) is 1. The molecule has 1 heterocycles. The highest BCUT2D eigenvalue weighted by molar-refractivity contribution is 6.30. The second-order valence-electron chi connectivity index (χ2n) is 3.53. The minimum Gasteiger partial charge on any atom is -0.383 e. The van der Waals surface area contributed by atoms with Gasteiger partial charge in [-0.1, -0.05) is 16.8 Å². The molecule has 1 unspecified atom stereocenters. The Morgan fingerprint density at radius 1 is 1.41 bits per heavy atom. The van der Waals surface area contributed by atoms with E-state index >= 15 is 0 Å². The Labute approximate surface area is 104 Å². The topological polar surface area (TPSA) is 74.2 Å². The van der Waals surface area contributed by atoms with Crippen molar-refractivity contribution in [3.63, 3.8) is 0 Å². The highest BCUT2D eigenvalue weighted by Crippen LogP contribution is 2.20. The molecule has 2 aromatic rings. The number of ether oxygens (including phenoxy) is 1. The van der Waals surface area contributed by atoms with E-state index in [4.69, 9.17) is 26.6 Å². The maximum Gasteiger partial charge on any atom is 0.257 e. The molecule has 0 aliphatic carbocycles. The monoisotopic (exact) mass is 253 g/mol. The van der Waals surface area contributed by atoms with Gasteiger partial charge in [0.15, 0.2) is 5.82 Å². The van der Waals surface area contributed by atoms with E-state index in [0.29, 0.717) is 23.3 Å². The van der Waals surface area contributed by atoms with Crippen molar-refractivity contribution in [1.82, 2.24) is 10.1 Å². The normalized spacial score (nSPS) is 12.6. The van der Waals surface area contributed by atoms with Gasteiger partial charge in [-0.3, -0.25) is 0 Å². The maximum atomic E-state index is 5.79. The van der Waals surface area contributed by atoms with E-state index in [9.17, 15) is 0 Å². The molecule has 6 heteroatoms. The second-order valence-corrected chi connectivity index (χ2v) is 3.96. The van der Waals surface area contributed by atoms with Crippen LogP contribution in [-0.2, 0) is 4.74 Å². The van der Waals surface area contributed by atoms with Gasteiger partial charge in [0.05, 0.1) is 12.6 Å². The summed E-state index contributed by atoms with van der Waals surface area (Å²) in [6.07, 6.45) is 0. The highest BCUT2D eigenvalue weighted by Gasteiger charge is 2.14. The summed E-state index contributed by atoms with van der Waals surface area (Å²) in [5.74, 6) is 0.847. The number of hydrogen-bond acceptors (Lipinski definition) is 5. The average Bonchev–Trinajstić information content (AvgIpc) is 2.80. The first-order valence-corrected chi connectivity index (χ1v) is 5.42. The molecule has 0 fully saturated rings. The van der Waals surface area contributed by atoms with Gasteiger partial charge < -0.3 is 15.0 Å². The van der Waals surface area contributed by atoms with Crippen LogP contribution < -0.4 is 5.73 Å². The van der Waals surface area contributed by atoms with Crippen molar-refractivity contribution < 1.29 is 9.26 Å². The SMILES string of the molecule is COCC(N)c1noc(-c2ccc(Cl)cc2)n1. The van der Waals surface area contributed by atoms with Crippen LogP contribution in [0.5, 0.6) is 0 Å². The molecule has 0 saturated heterocycles. The second kappa shape index (κ2) is 5.27. The van der Waals surface area contributed by atoms with E-state index < -0.39 is 0 Å². The Bertz CT molecular complexity index is 484. The van der Waals surface area contributed by atoms with Crippen LogP contribution in [-0.4, -0.2) is 23.9 Å². The standard InChI is InChI=1S/C11H12ClN3O2/c1-16-6-9(13)10-14-11(17-15-10)7-2-4-8(12)5-3-7/h2-5,9H,6,13H2,1H3. The van der Waals surface area contributed by atoms with Crippen molar-refractivity contribution in [2.45, 2.75) is 6.04 Å². The van der Waals surface area contributed by atoms with Crippen LogP contribution in [0, 0.1) is 0 Å². The van der Waals surface area contributed by atoms with E-state index in [1.165, 1.54) is 0 Å². The van der Waals surface area contributed by atoms with Crippen molar-refractivity contribution in [2.24, 2.45) is 5.73 Å². The largest absolute Gasteiger partial charge is 0.383 e. The van der Waals surface area contributed by atoms with Crippen LogP contribution in [0.1, 0.15) is 11.9 Å². The molecule has 0 amide bonds. The first kappa shape index (κ1) is 12.0. The molecule has 2 N–H and O–H groups in total. The van der Waals surface area contributed by atoms with Gasteiger partial charge in [0, 0.05) is 17.7 Å². The zero-order valence-electron chi connectivity index (χ0n) is 9.26. The lowest BCUT2D eigenvalue weighted by Gasteiger charge is -2.03. The van der Waals surface area contributed by atoms with Crippen LogP contribution >= 0.6 is 11.6 Å². The summed E-state index contributed by atoms with van der Waals surface area (Å²) in [6, 6.07) is 6.75. The molecule has 0 radical (unpaired) electrons. The van der Waals surface area contributed by atoms with Crippen LogP contribution in [0.25, 0.3) is 11.5 Å². The number of halogens is 1. The van der Waals surface area contributed by atoms with Gasteiger partial charge >= 0.3 is 0 Å². The zero-order valence-corrected chi connectivity index (χ0v) is 10.0. The molecule has 5 nitrogen and oxygen atoms in total. The Morgan fingerprint density at radius 2 is 2.12 bits per heavy atom. The molecule has 1 aromatic heterocycles. The quantitative estimate of drug-likeness (QED) is 0.903. The Hall–Kier alpha value is -1.43. The number of benzene rings is 1. The number of nitrogens with two attached hydrogens (primary N) is 1. The first-order chi connectivity index (χ1) is 8.20. The van der Waals surface area contributed by atoms with Crippen molar-refractivity contribution in [2.75, 3.05) is 13.7 Å². The van der Waals surface area contributed by atoms with Gasteiger partial charge in [-0.25, -0.2) is 0 Å². The molecule has 2 rings (SSSR count). The molecule has 0 aliphatic rings. The first-order valence-electron chi connectivity index (χ1n) is 5.05. The molecule has 0 aliphatic heterocycles. The van der Waals surface area contributed by atoms with Gasteiger partial charge in [0.2, 0.25) is 0 Å². The smallest absolute Gasteiger partial charge is 0.257 e. The summed E-state index contributed by atoms with van der Waals surface area (Å²) >= 11 is 5.79. The minimum atomic E-state index is -0.384. The Kier molecular flexibility index (Phi) is 3.73. The average molecular weight is 254 g/mol. The molecule has 90 valence electrons. The molecule has 17 heavy (non-hydrogen) atoms. The molecular weight excluding hydrogens is 242 g/mol. The van der Waals surface area contributed by atoms with E-state index in [1.807, 2.05) is 12.1 Å². The molecule has 1 aromatic carbocycles. The summed E-state index contributed by atoms with van der Waals surface area (Å²) in [4.78, 5) is 4.20. The van der Waals surface area contributed by atoms with E-state index in [2.05, 4.69) is 10.1 Å². The fourth-order valence-electron chi connectivity index (χ4n) is 1.35. The Balaban J connectivity index is 2.20. The van der Waals surface area contributed by atoms with Gasteiger partial charge in [-0.05, 0) is 24.3 Å². The lowest BCUT2D eigenvalue weighted by molar-refractivity contribution is 0.177. The van der Waals surface area contributed by atoms with E-state index in [-0.39, 0.29) is 6.04 Å². The summed E-state index contributed by atoms with van der Waals surface area (Å²) in [6.45, 7) is 0.347. The highest BCUT2D eigenvalue weighted by atomic mass is 35.5. The molecule has 0 saturated carbocycles. The van der Waals surface area contributed by atoms with Crippen LogP contribution in [0.4, 0.5) is 0 Å². The van der Waals surface area contributed by atoms with Gasteiger partial charge in [-0.2, -0.15) is 4.98 Å². The lowest BCUT2D eigenvalue weighted by Crippen LogP contribution is -2.17. The van der Waals surface area contributed by atoms with Crippen LogP contribution in [0.3, 0.4) is 0 Å². The van der Waals surface area contributed by atoms with E-state index in [0.717, 1.165) is 5.56 Å². The van der Waals surface area contributed by atoms with Crippen LogP contribution in [0.15, 0.2) is 28.8 Å². The van der Waals surface area contributed by atoms with E-state index in [1.54, 1.807) is 19.2 Å². The zero-order chi connectivity index (χ0) is 12.3. The van der Waals surface area contributed by atoms with Crippen molar-refractivity contribution in [1.29, 1.82) is 0 Å². The van der Waals surface area contributed by atoms with Gasteiger partial charge in [0.1, 0.15) is 0 Å². The minimum absolute atomic E-state index is 0.347. The fraction of sp³-hybridized carbons (Fsp3) is 0.273. The third-order valence-corrected chi connectivity index (χ3v) is 2.46. The molecule has 0 bridgehead atoms. The predicted molar refractivity (Wildman–Crippen MR) is 63.5 cm³/mol. The third kappa shape index (κ3) is 2.82. The summed E-state index contributed by atoms with van der Waals surface area (Å²) in [5.41, 5.74) is 6.59. The summed E-state index contributed by atoms with van der Waals surface area (Å²) < 4.78 is 10.0. The molecular formula is C11H12ClN3O2. The summed E-state index contributed by atoms with van der Waals surface area (Å²) in [7, 11) is 1.57. The fourth-order valence-corrected chi connectivity index (χ4v) is 1.48. The maximum absolute atomic E-state index is 5.79. The van der Waals surface area contributed by atoms with Crippen LogP contribution in [0.2, 0.25) is 5.02 Å². The number of rotatable bonds is 4. The molecule has 1 atom stereocenters. The predicted octanol–water partition coefficient (Wildman–Crippen LogP) is 2.04. The Morgan fingerprint density at radius 3 is 2.76 bits per heavy atom.